The van der Waals surface area contributed by atoms with Crippen molar-refractivity contribution in [3.63, 3.8) is 0 Å². The van der Waals surface area contributed by atoms with Gasteiger partial charge in [-0.1, -0.05) is 50.2 Å². The van der Waals surface area contributed by atoms with Crippen LogP contribution in [0.25, 0.3) is 11.3 Å². The van der Waals surface area contributed by atoms with Crippen molar-refractivity contribution < 1.29 is 13.2 Å². The van der Waals surface area contributed by atoms with Crippen LogP contribution in [0.5, 0.6) is 0 Å². The van der Waals surface area contributed by atoms with E-state index in [2.05, 4.69) is 36.3 Å². The highest BCUT2D eigenvalue weighted by Crippen LogP contribution is 2.28. The molecule has 0 aliphatic rings. The molecule has 1 aromatic heterocycles. The number of nitrogens with one attached hydrogen (secondary N) is 1. The van der Waals surface area contributed by atoms with Crippen molar-refractivity contribution >= 4 is 38.1 Å². The lowest BCUT2D eigenvalue weighted by molar-refractivity contribution is 0.102. The summed E-state index contributed by atoms with van der Waals surface area (Å²) >= 11 is 1.33. The van der Waals surface area contributed by atoms with E-state index >= 15 is 0 Å². The monoisotopic (exact) mass is 443 g/mol. The first-order valence-electron chi connectivity index (χ1n) is 9.60. The average molecular weight is 444 g/mol. The summed E-state index contributed by atoms with van der Waals surface area (Å²) in [5, 5.41) is 5.13. The van der Waals surface area contributed by atoms with Crippen LogP contribution in [0, 0.1) is 0 Å². The third-order valence-electron chi connectivity index (χ3n) is 5.10. The molecule has 1 N–H and O–H groups in total. The first kappa shape index (κ1) is 22.0. The summed E-state index contributed by atoms with van der Waals surface area (Å²) in [4.78, 5) is 17.3. The van der Waals surface area contributed by atoms with Gasteiger partial charge in [0.25, 0.3) is 5.91 Å². The van der Waals surface area contributed by atoms with Gasteiger partial charge < -0.3 is 0 Å². The van der Waals surface area contributed by atoms with Crippen molar-refractivity contribution in [3.8, 4) is 11.3 Å². The highest BCUT2D eigenvalue weighted by molar-refractivity contribution is 7.92. The molecule has 8 heteroatoms. The number of nitrogens with zero attached hydrogens (tertiary/aromatic N) is 2. The Morgan fingerprint density at radius 3 is 2.47 bits per heavy atom. The van der Waals surface area contributed by atoms with E-state index in [-0.39, 0.29) is 5.56 Å². The number of para-hydroxylation sites is 1. The Hall–Kier alpha value is -2.71. The Kier molecular flexibility index (Phi) is 6.58. The van der Waals surface area contributed by atoms with Crippen molar-refractivity contribution in [2.75, 3.05) is 22.9 Å². The maximum atomic E-state index is 12.8. The molecule has 1 heterocycles. The molecule has 0 bridgehead atoms. The second-order valence-corrected chi connectivity index (χ2v) is 10.0. The summed E-state index contributed by atoms with van der Waals surface area (Å²) in [7, 11) is -2.07. The number of rotatable bonds is 7. The number of amides is 1. The minimum Gasteiger partial charge on any atom is -0.298 e. The fraction of sp³-hybridized carbons (Fsp3) is 0.273. The highest BCUT2D eigenvalue weighted by Gasteiger charge is 2.20. The Balaban J connectivity index is 1.79. The quantitative estimate of drug-likeness (QED) is 0.559. The third kappa shape index (κ3) is 4.88. The third-order valence-corrected chi connectivity index (χ3v) is 7.05. The molecule has 30 heavy (non-hydrogen) atoms. The lowest BCUT2D eigenvalue weighted by atomic mass is 9.97. The summed E-state index contributed by atoms with van der Waals surface area (Å²) in [6, 6.07) is 14.9. The second-order valence-electron chi connectivity index (χ2n) is 7.17. The number of hydrogen-bond donors (Lipinski definition) is 1. The summed E-state index contributed by atoms with van der Waals surface area (Å²) in [5.74, 6) is 0.101. The van der Waals surface area contributed by atoms with Gasteiger partial charge in [-0.3, -0.25) is 14.4 Å². The molecule has 0 spiro atoms. The van der Waals surface area contributed by atoms with Crippen LogP contribution in [0.2, 0.25) is 0 Å². The number of carbonyl (C=O) groups is 1. The number of aromatic nitrogens is 1. The first-order valence-corrected chi connectivity index (χ1v) is 12.3. The Morgan fingerprint density at radius 2 is 1.83 bits per heavy atom. The van der Waals surface area contributed by atoms with Crippen molar-refractivity contribution in [2.45, 2.75) is 26.2 Å². The average Bonchev–Trinajstić information content (AvgIpc) is 3.20. The van der Waals surface area contributed by atoms with E-state index in [0.717, 1.165) is 28.2 Å². The predicted octanol–water partition coefficient (Wildman–Crippen LogP) is 4.97. The zero-order valence-corrected chi connectivity index (χ0v) is 19.0. The van der Waals surface area contributed by atoms with Crippen molar-refractivity contribution in [2.24, 2.45) is 0 Å². The van der Waals surface area contributed by atoms with Crippen LogP contribution in [-0.4, -0.2) is 32.6 Å². The van der Waals surface area contributed by atoms with E-state index in [4.69, 9.17) is 0 Å². The minimum atomic E-state index is -3.49. The van der Waals surface area contributed by atoms with Gasteiger partial charge in [0.05, 0.1) is 23.2 Å². The van der Waals surface area contributed by atoms with E-state index in [1.807, 2.05) is 17.5 Å². The van der Waals surface area contributed by atoms with E-state index in [1.165, 1.54) is 23.9 Å². The zero-order chi connectivity index (χ0) is 21.9. The summed E-state index contributed by atoms with van der Waals surface area (Å²) in [6.07, 6.45) is 2.18. The SMILES string of the molecule is CC[C@H](C)c1ccc(-c2csc(NC(=O)c3ccccc3N(C)S(C)(=O)=O)n2)cc1. The molecule has 6 nitrogen and oxygen atoms in total. The van der Waals surface area contributed by atoms with E-state index in [0.29, 0.717) is 16.7 Å². The topological polar surface area (TPSA) is 79.4 Å². The molecule has 0 saturated heterocycles. The molecule has 0 radical (unpaired) electrons. The van der Waals surface area contributed by atoms with Gasteiger partial charge in [0, 0.05) is 18.0 Å². The number of benzene rings is 2. The molecule has 158 valence electrons. The van der Waals surface area contributed by atoms with Gasteiger partial charge in [0.1, 0.15) is 0 Å². The maximum Gasteiger partial charge on any atom is 0.259 e. The normalized spacial score (nSPS) is 12.4. The lowest BCUT2D eigenvalue weighted by Gasteiger charge is -2.19. The number of sulfonamides is 1. The standard InChI is InChI=1S/C22H25N3O3S2/c1-5-15(2)16-10-12-17(13-11-16)19-14-29-22(23-19)24-21(26)18-8-6-7-9-20(18)25(3)30(4,27)28/h6-15H,5H2,1-4H3,(H,23,24,26)/t15-/m0/s1. The smallest absolute Gasteiger partial charge is 0.259 e. The molecule has 1 amide bonds. The van der Waals surface area contributed by atoms with E-state index < -0.39 is 15.9 Å². The molecule has 0 unspecified atom stereocenters. The van der Waals surface area contributed by atoms with Gasteiger partial charge in [0.2, 0.25) is 10.0 Å². The van der Waals surface area contributed by atoms with Gasteiger partial charge in [0.15, 0.2) is 5.13 Å². The maximum absolute atomic E-state index is 12.8. The van der Waals surface area contributed by atoms with Crippen LogP contribution >= 0.6 is 11.3 Å². The summed E-state index contributed by atoms with van der Waals surface area (Å²) < 4.78 is 24.9. The van der Waals surface area contributed by atoms with E-state index in [9.17, 15) is 13.2 Å². The van der Waals surface area contributed by atoms with Crippen LogP contribution < -0.4 is 9.62 Å². The number of anilines is 2. The molecule has 3 aromatic rings. The highest BCUT2D eigenvalue weighted by atomic mass is 32.2. The van der Waals surface area contributed by atoms with Gasteiger partial charge in [-0.25, -0.2) is 13.4 Å². The lowest BCUT2D eigenvalue weighted by Crippen LogP contribution is -2.27. The minimum absolute atomic E-state index is 0.264. The molecular formula is C22H25N3O3S2. The largest absolute Gasteiger partial charge is 0.298 e. The summed E-state index contributed by atoms with van der Waals surface area (Å²) in [6.45, 7) is 4.37. The van der Waals surface area contributed by atoms with Crippen LogP contribution in [0.3, 0.4) is 0 Å². The molecule has 0 saturated carbocycles. The molecule has 0 aliphatic heterocycles. The first-order chi connectivity index (χ1) is 14.2. The fourth-order valence-corrected chi connectivity index (χ4v) is 4.20. The zero-order valence-electron chi connectivity index (χ0n) is 17.4. The molecule has 0 fully saturated rings. The second kappa shape index (κ2) is 8.97. The van der Waals surface area contributed by atoms with Gasteiger partial charge >= 0.3 is 0 Å². The van der Waals surface area contributed by atoms with Crippen LogP contribution in [0.1, 0.15) is 42.1 Å². The Bertz CT molecular complexity index is 1140. The summed E-state index contributed by atoms with van der Waals surface area (Å²) in [5.41, 5.74) is 3.63. The van der Waals surface area contributed by atoms with E-state index in [1.54, 1.807) is 24.3 Å². The van der Waals surface area contributed by atoms with Crippen LogP contribution in [-0.2, 0) is 10.0 Å². The predicted molar refractivity (Wildman–Crippen MR) is 124 cm³/mol. The van der Waals surface area contributed by atoms with Gasteiger partial charge in [-0.15, -0.1) is 11.3 Å². The van der Waals surface area contributed by atoms with Crippen molar-refractivity contribution in [3.05, 3.63) is 65.0 Å². The van der Waals surface area contributed by atoms with Crippen molar-refractivity contribution in [1.82, 2.24) is 4.98 Å². The van der Waals surface area contributed by atoms with Gasteiger partial charge in [-0.05, 0) is 30.0 Å². The fourth-order valence-electron chi connectivity index (χ4n) is 2.97. The molecule has 0 aliphatic carbocycles. The number of hydrogen-bond acceptors (Lipinski definition) is 5. The molecular weight excluding hydrogens is 418 g/mol. The van der Waals surface area contributed by atoms with Crippen LogP contribution in [0.15, 0.2) is 53.9 Å². The molecule has 3 rings (SSSR count). The van der Waals surface area contributed by atoms with Crippen molar-refractivity contribution in [1.29, 1.82) is 0 Å². The number of carbonyl (C=O) groups excluding carboxylic acids is 1. The molecule has 2 aromatic carbocycles. The van der Waals surface area contributed by atoms with Crippen LogP contribution in [0.4, 0.5) is 10.8 Å². The molecule has 1 atom stereocenters. The number of thiazole rings is 1. The Labute approximate surface area is 181 Å². The Morgan fingerprint density at radius 1 is 1.17 bits per heavy atom. The van der Waals surface area contributed by atoms with Gasteiger partial charge in [-0.2, -0.15) is 0 Å².